The SMILES string of the molecule is CC(=O)CN=C(C)C(/C=C(/C)N)=C(/C)N. The van der Waals surface area contributed by atoms with Crippen molar-refractivity contribution >= 4 is 11.5 Å². The van der Waals surface area contributed by atoms with E-state index in [1.54, 1.807) is 19.9 Å². The molecule has 0 amide bonds. The zero-order valence-electron chi connectivity index (χ0n) is 9.79. The maximum Gasteiger partial charge on any atom is 0.151 e. The van der Waals surface area contributed by atoms with Crippen molar-refractivity contribution in [3.8, 4) is 0 Å². The summed E-state index contributed by atoms with van der Waals surface area (Å²) >= 11 is 0. The molecule has 0 aromatic rings. The van der Waals surface area contributed by atoms with E-state index in [9.17, 15) is 4.79 Å². The molecule has 4 heteroatoms. The van der Waals surface area contributed by atoms with Gasteiger partial charge in [0.2, 0.25) is 0 Å². The largest absolute Gasteiger partial charge is 0.402 e. The molecular formula is C11H19N3O. The number of carbonyl (C=O) groups is 1. The molecule has 0 aliphatic carbocycles. The predicted octanol–water partition coefficient (Wildman–Crippen LogP) is 1.13. The van der Waals surface area contributed by atoms with Crippen LogP contribution in [0.2, 0.25) is 0 Å². The highest BCUT2D eigenvalue weighted by Crippen LogP contribution is 2.06. The molecule has 4 nitrogen and oxygen atoms in total. The molecule has 15 heavy (non-hydrogen) atoms. The molecule has 0 aromatic heterocycles. The first-order valence-corrected chi connectivity index (χ1v) is 4.75. The van der Waals surface area contributed by atoms with Gasteiger partial charge >= 0.3 is 0 Å². The smallest absolute Gasteiger partial charge is 0.151 e. The molecule has 0 spiro atoms. The van der Waals surface area contributed by atoms with Crippen LogP contribution in [-0.2, 0) is 4.79 Å². The second-order valence-corrected chi connectivity index (χ2v) is 3.59. The third-order valence-electron chi connectivity index (χ3n) is 1.73. The molecule has 0 fully saturated rings. The molecule has 0 aliphatic rings. The monoisotopic (exact) mass is 209 g/mol. The number of nitrogens with two attached hydrogens (primary N) is 2. The highest BCUT2D eigenvalue weighted by Gasteiger charge is 2.02. The van der Waals surface area contributed by atoms with Crippen LogP contribution in [0.4, 0.5) is 0 Å². The van der Waals surface area contributed by atoms with E-state index in [4.69, 9.17) is 11.5 Å². The number of carbonyl (C=O) groups excluding carboxylic acids is 1. The Hall–Kier alpha value is -1.58. The van der Waals surface area contributed by atoms with Gasteiger partial charge < -0.3 is 11.5 Å². The lowest BCUT2D eigenvalue weighted by Gasteiger charge is -2.05. The standard InChI is InChI=1S/C11H19N3O/c1-7(12)5-11(9(3)13)10(4)14-6-8(2)15/h5H,6,12-13H2,1-4H3/b7-5-,11-9-,14-10?. The summed E-state index contributed by atoms with van der Waals surface area (Å²) in [7, 11) is 0. The minimum Gasteiger partial charge on any atom is -0.402 e. The summed E-state index contributed by atoms with van der Waals surface area (Å²) < 4.78 is 0. The van der Waals surface area contributed by atoms with E-state index in [2.05, 4.69) is 4.99 Å². The highest BCUT2D eigenvalue weighted by atomic mass is 16.1. The first kappa shape index (κ1) is 13.4. The molecule has 0 aliphatic heterocycles. The van der Waals surface area contributed by atoms with Gasteiger partial charge in [0.25, 0.3) is 0 Å². The van der Waals surface area contributed by atoms with Gasteiger partial charge in [0.1, 0.15) is 0 Å². The van der Waals surface area contributed by atoms with Crippen LogP contribution in [0.1, 0.15) is 27.7 Å². The second-order valence-electron chi connectivity index (χ2n) is 3.59. The topological polar surface area (TPSA) is 81.5 Å². The number of hydrogen-bond donors (Lipinski definition) is 2. The van der Waals surface area contributed by atoms with Crippen LogP contribution >= 0.6 is 0 Å². The van der Waals surface area contributed by atoms with Gasteiger partial charge in [-0.2, -0.15) is 0 Å². The number of allylic oxidation sites excluding steroid dienone is 4. The fraction of sp³-hybridized carbons (Fsp3) is 0.455. The van der Waals surface area contributed by atoms with Gasteiger partial charge in [-0.25, -0.2) is 0 Å². The Morgan fingerprint density at radius 2 is 1.73 bits per heavy atom. The number of nitrogens with zero attached hydrogens (tertiary/aromatic N) is 1. The van der Waals surface area contributed by atoms with E-state index >= 15 is 0 Å². The zero-order valence-corrected chi connectivity index (χ0v) is 9.79. The van der Waals surface area contributed by atoms with Crippen LogP contribution in [-0.4, -0.2) is 18.0 Å². The Bertz CT molecular complexity index is 330. The molecule has 0 saturated heterocycles. The molecular weight excluding hydrogens is 190 g/mol. The van der Waals surface area contributed by atoms with Gasteiger partial charge in [0, 0.05) is 22.7 Å². The first-order chi connectivity index (χ1) is 6.84. The summed E-state index contributed by atoms with van der Waals surface area (Å²) in [6, 6.07) is 0. The van der Waals surface area contributed by atoms with Crippen molar-refractivity contribution in [3.05, 3.63) is 23.0 Å². The maximum absolute atomic E-state index is 10.8. The highest BCUT2D eigenvalue weighted by molar-refractivity contribution is 6.02. The number of aliphatic imine (C=N–C) groups is 1. The Labute approximate surface area is 90.7 Å². The van der Waals surface area contributed by atoms with Crippen LogP contribution < -0.4 is 11.5 Å². The van der Waals surface area contributed by atoms with E-state index in [0.717, 1.165) is 11.3 Å². The minimum atomic E-state index is 0.0248. The summed E-state index contributed by atoms with van der Waals surface area (Å²) in [6.07, 6.45) is 1.76. The van der Waals surface area contributed by atoms with E-state index in [-0.39, 0.29) is 12.3 Å². The van der Waals surface area contributed by atoms with Gasteiger partial charge in [0.05, 0.1) is 6.54 Å². The van der Waals surface area contributed by atoms with Crippen LogP contribution in [0.5, 0.6) is 0 Å². The van der Waals surface area contributed by atoms with Gasteiger partial charge in [-0.3, -0.25) is 9.79 Å². The zero-order chi connectivity index (χ0) is 12.0. The Morgan fingerprint density at radius 1 is 1.20 bits per heavy atom. The third-order valence-corrected chi connectivity index (χ3v) is 1.73. The number of ketones is 1. The molecule has 0 radical (unpaired) electrons. The molecule has 84 valence electrons. The number of Topliss-reactive ketones (excluding diaryl/α,β-unsaturated/α-hetero) is 1. The van der Waals surface area contributed by atoms with Crippen LogP contribution in [0, 0.1) is 0 Å². The lowest BCUT2D eigenvalue weighted by Crippen LogP contribution is -2.08. The molecule has 0 bridgehead atoms. The van der Waals surface area contributed by atoms with E-state index in [1.165, 1.54) is 6.92 Å². The van der Waals surface area contributed by atoms with Crippen molar-refractivity contribution < 1.29 is 4.79 Å². The minimum absolute atomic E-state index is 0.0248. The third kappa shape index (κ3) is 5.67. The van der Waals surface area contributed by atoms with Crippen LogP contribution in [0.15, 0.2) is 28.0 Å². The average Bonchev–Trinajstić information content (AvgIpc) is 2.09. The summed E-state index contributed by atoms with van der Waals surface area (Å²) in [5.74, 6) is 0.0248. The summed E-state index contributed by atoms with van der Waals surface area (Å²) in [6.45, 7) is 7.05. The normalized spacial score (nSPS) is 14.9. The molecule has 0 aromatic carbocycles. The van der Waals surface area contributed by atoms with Crippen molar-refractivity contribution in [2.45, 2.75) is 27.7 Å². The predicted molar refractivity (Wildman–Crippen MR) is 63.5 cm³/mol. The Kier molecular flexibility index (Phi) is 5.37. The summed E-state index contributed by atoms with van der Waals surface area (Å²) in [5, 5.41) is 0. The van der Waals surface area contributed by atoms with Crippen molar-refractivity contribution in [3.63, 3.8) is 0 Å². The van der Waals surface area contributed by atoms with Gasteiger partial charge in [0.15, 0.2) is 5.78 Å². The molecule has 0 unspecified atom stereocenters. The van der Waals surface area contributed by atoms with Crippen molar-refractivity contribution in [2.75, 3.05) is 6.54 Å². The second kappa shape index (κ2) is 6.01. The lowest BCUT2D eigenvalue weighted by atomic mass is 10.1. The molecule has 0 atom stereocenters. The van der Waals surface area contributed by atoms with Gasteiger partial charge in [-0.1, -0.05) is 0 Å². The van der Waals surface area contributed by atoms with Crippen LogP contribution in [0.25, 0.3) is 0 Å². The number of rotatable bonds is 4. The van der Waals surface area contributed by atoms with Gasteiger partial charge in [-0.05, 0) is 33.8 Å². The molecule has 4 N–H and O–H groups in total. The summed E-state index contributed by atoms with van der Waals surface area (Å²) in [4.78, 5) is 14.9. The Balaban J connectivity index is 4.98. The maximum atomic E-state index is 10.8. The summed E-state index contributed by atoms with van der Waals surface area (Å²) in [5.41, 5.74) is 14.1. The molecule has 0 heterocycles. The fourth-order valence-corrected chi connectivity index (χ4v) is 1.05. The number of hydrogen-bond acceptors (Lipinski definition) is 4. The van der Waals surface area contributed by atoms with Crippen molar-refractivity contribution in [1.82, 2.24) is 0 Å². The van der Waals surface area contributed by atoms with Crippen molar-refractivity contribution in [1.29, 1.82) is 0 Å². The quantitative estimate of drug-likeness (QED) is 0.538. The fourth-order valence-electron chi connectivity index (χ4n) is 1.05. The average molecular weight is 209 g/mol. The first-order valence-electron chi connectivity index (χ1n) is 4.75. The molecule has 0 saturated carbocycles. The van der Waals surface area contributed by atoms with Crippen molar-refractivity contribution in [2.24, 2.45) is 16.5 Å². The Morgan fingerprint density at radius 3 is 2.07 bits per heavy atom. The van der Waals surface area contributed by atoms with Crippen LogP contribution in [0.3, 0.4) is 0 Å². The van der Waals surface area contributed by atoms with E-state index in [0.29, 0.717) is 11.4 Å². The van der Waals surface area contributed by atoms with E-state index in [1.807, 2.05) is 6.92 Å². The lowest BCUT2D eigenvalue weighted by molar-refractivity contribution is -0.115. The van der Waals surface area contributed by atoms with Gasteiger partial charge in [-0.15, -0.1) is 0 Å². The molecule has 0 rings (SSSR count). The van der Waals surface area contributed by atoms with E-state index < -0.39 is 0 Å².